The number of nitrogens with zero attached hydrogens (tertiary/aromatic N) is 1. The normalized spacial score (nSPS) is 11.0. The molecule has 3 nitrogen and oxygen atoms in total. The number of hydrogen-bond acceptors (Lipinski definition) is 2. The first-order chi connectivity index (χ1) is 8.76. The first-order valence-corrected chi connectivity index (χ1v) is 5.92. The van der Waals surface area contributed by atoms with Gasteiger partial charge in [0.25, 0.3) is 0 Å². The number of rotatable bonds is 2. The van der Waals surface area contributed by atoms with E-state index >= 15 is 0 Å². The van der Waals surface area contributed by atoms with Crippen molar-refractivity contribution in [1.82, 2.24) is 9.97 Å². The highest BCUT2D eigenvalue weighted by molar-refractivity contribution is 5.87. The fraction of sp³-hybridized carbons (Fsp3) is 0.133. The number of aromatic amines is 1. The molecule has 3 aromatic rings. The number of H-pyrrole nitrogens is 1. The summed E-state index contributed by atoms with van der Waals surface area (Å²) in [6, 6.07) is 12.7. The molecule has 3 rings (SSSR count). The highest BCUT2D eigenvalue weighted by Gasteiger charge is 2.03. The number of aliphatic hydroxyl groups excluding tert-OH is 1. The molecule has 0 aliphatic rings. The molecule has 0 radical (unpaired) electrons. The van der Waals surface area contributed by atoms with E-state index in [1.165, 1.54) is 16.3 Å². The quantitative estimate of drug-likeness (QED) is 0.721. The lowest BCUT2D eigenvalue weighted by Crippen LogP contribution is -1.85. The molecule has 0 aliphatic heterocycles. The van der Waals surface area contributed by atoms with Crippen molar-refractivity contribution in [3.63, 3.8) is 0 Å². The Labute approximate surface area is 105 Å². The van der Waals surface area contributed by atoms with Gasteiger partial charge in [0, 0.05) is 5.56 Å². The van der Waals surface area contributed by atoms with Crippen molar-refractivity contribution in [2.24, 2.45) is 0 Å². The van der Waals surface area contributed by atoms with Crippen molar-refractivity contribution in [3.8, 4) is 11.3 Å². The number of fused-ring (bicyclic) bond motifs is 1. The van der Waals surface area contributed by atoms with E-state index in [9.17, 15) is 0 Å². The number of benzene rings is 2. The summed E-state index contributed by atoms with van der Waals surface area (Å²) in [5.74, 6) is 0.592. The Bertz CT molecular complexity index is 701. The molecule has 2 N–H and O–H groups in total. The van der Waals surface area contributed by atoms with Crippen LogP contribution in [0.25, 0.3) is 22.0 Å². The van der Waals surface area contributed by atoms with Gasteiger partial charge in [0.05, 0.1) is 11.9 Å². The maximum absolute atomic E-state index is 9.01. The van der Waals surface area contributed by atoms with Gasteiger partial charge in [0.2, 0.25) is 0 Å². The summed E-state index contributed by atoms with van der Waals surface area (Å²) < 4.78 is 0. The van der Waals surface area contributed by atoms with Crippen LogP contribution in [0.5, 0.6) is 0 Å². The average Bonchev–Trinajstić information content (AvgIpc) is 2.87. The molecule has 1 aromatic heterocycles. The van der Waals surface area contributed by atoms with Crippen molar-refractivity contribution in [2.45, 2.75) is 13.5 Å². The monoisotopic (exact) mass is 238 g/mol. The van der Waals surface area contributed by atoms with Crippen LogP contribution in [0.1, 0.15) is 11.4 Å². The molecule has 3 heteroatoms. The van der Waals surface area contributed by atoms with E-state index in [2.05, 4.69) is 53.3 Å². The lowest BCUT2D eigenvalue weighted by atomic mass is 10.0. The minimum absolute atomic E-state index is 0.0627. The Hall–Kier alpha value is -2.13. The molecular formula is C15H14N2O. The van der Waals surface area contributed by atoms with Gasteiger partial charge in [0.15, 0.2) is 0 Å². The van der Waals surface area contributed by atoms with E-state index in [0.29, 0.717) is 5.82 Å². The average molecular weight is 238 g/mol. The zero-order valence-electron chi connectivity index (χ0n) is 10.1. The molecule has 0 aliphatic carbocycles. The second kappa shape index (κ2) is 4.27. The Morgan fingerprint density at radius 1 is 1.11 bits per heavy atom. The van der Waals surface area contributed by atoms with Gasteiger partial charge in [0.1, 0.15) is 12.4 Å². The first-order valence-electron chi connectivity index (χ1n) is 5.92. The smallest absolute Gasteiger partial charge is 0.132 e. The molecule has 0 atom stereocenters. The maximum Gasteiger partial charge on any atom is 0.132 e. The summed E-state index contributed by atoms with van der Waals surface area (Å²) in [4.78, 5) is 7.19. The third kappa shape index (κ3) is 1.89. The lowest BCUT2D eigenvalue weighted by Gasteiger charge is -2.03. The van der Waals surface area contributed by atoms with Crippen LogP contribution in [-0.4, -0.2) is 15.1 Å². The second-order valence-electron chi connectivity index (χ2n) is 4.47. The fourth-order valence-corrected chi connectivity index (χ4v) is 2.12. The van der Waals surface area contributed by atoms with E-state index in [0.717, 1.165) is 11.3 Å². The van der Waals surface area contributed by atoms with E-state index in [1.807, 2.05) is 0 Å². The molecule has 18 heavy (non-hydrogen) atoms. The number of imidazole rings is 1. The molecule has 2 aromatic carbocycles. The standard InChI is InChI=1S/C15H14N2O/c1-10-2-3-12-7-13(5-4-11(12)6-10)14-8-16-15(9-18)17-14/h2-8,18H,9H2,1H3,(H,16,17). The Morgan fingerprint density at radius 2 is 1.89 bits per heavy atom. The summed E-state index contributed by atoms with van der Waals surface area (Å²) in [5.41, 5.74) is 3.28. The summed E-state index contributed by atoms with van der Waals surface area (Å²) in [7, 11) is 0. The Kier molecular flexibility index (Phi) is 2.61. The third-order valence-electron chi connectivity index (χ3n) is 3.08. The number of hydrogen-bond donors (Lipinski definition) is 2. The first kappa shape index (κ1) is 11.0. The maximum atomic E-state index is 9.01. The molecular weight excluding hydrogens is 224 g/mol. The zero-order valence-corrected chi connectivity index (χ0v) is 10.1. The van der Waals surface area contributed by atoms with Gasteiger partial charge < -0.3 is 10.1 Å². The fourth-order valence-electron chi connectivity index (χ4n) is 2.12. The van der Waals surface area contributed by atoms with Gasteiger partial charge in [-0.2, -0.15) is 0 Å². The molecule has 1 heterocycles. The number of aliphatic hydroxyl groups is 1. The van der Waals surface area contributed by atoms with Crippen LogP contribution in [0.2, 0.25) is 0 Å². The van der Waals surface area contributed by atoms with Crippen LogP contribution in [0, 0.1) is 6.92 Å². The number of aromatic nitrogens is 2. The lowest BCUT2D eigenvalue weighted by molar-refractivity contribution is 0.272. The topological polar surface area (TPSA) is 48.9 Å². The molecule has 0 fully saturated rings. The molecule has 0 saturated heterocycles. The molecule has 0 bridgehead atoms. The highest BCUT2D eigenvalue weighted by Crippen LogP contribution is 2.23. The Morgan fingerprint density at radius 3 is 2.67 bits per heavy atom. The highest BCUT2D eigenvalue weighted by atomic mass is 16.3. The minimum Gasteiger partial charge on any atom is -0.388 e. The van der Waals surface area contributed by atoms with Crippen LogP contribution in [-0.2, 0) is 6.61 Å². The molecule has 0 saturated carbocycles. The van der Waals surface area contributed by atoms with Crippen LogP contribution in [0.3, 0.4) is 0 Å². The van der Waals surface area contributed by atoms with Crippen LogP contribution >= 0.6 is 0 Å². The second-order valence-corrected chi connectivity index (χ2v) is 4.47. The summed E-state index contributed by atoms with van der Waals surface area (Å²) in [5, 5.41) is 11.4. The number of aryl methyl sites for hydroxylation is 1. The van der Waals surface area contributed by atoms with E-state index < -0.39 is 0 Å². The third-order valence-corrected chi connectivity index (χ3v) is 3.08. The van der Waals surface area contributed by atoms with E-state index in [1.54, 1.807) is 6.20 Å². The molecule has 0 unspecified atom stereocenters. The van der Waals surface area contributed by atoms with Crippen LogP contribution < -0.4 is 0 Å². The van der Waals surface area contributed by atoms with Gasteiger partial charge >= 0.3 is 0 Å². The predicted molar refractivity (Wildman–Crippen MR) is 72.2 cm³/mol. The predicted octanol–water partition coefficient (Wildman–Crippen LogP) is 3.03. The van der Waals surface area contributed by atoms with Gasteiger partial charge in [-0.05, 0) is 23.8 Å². The van der Waals surface area contributed by atoms with Crippen molar-refractivity contribution >= 4 is 10.8 Å². The summed E-state index contributed by atoms with van der Waals surface area (Å²) in [6.45, 7) is 2.03. The minimum atomic E-state index is -0.0627. The Balaban J connectivity index is 2.10. The van der Waals surface area contributed by atoms with E-state index in [-0.39, 0.29) is 6.61 Å². The molecule has 0 spiro atoms. The van der Waals surface area contributed by atoms with E-state index in [4.69, 9.17) is 5.11 Å². The van der Waals surface area contributed by atoms with Crippen molar-refractivity contribution < 1.29 is 5.11 Å². The SMILES string of the molecule is Cc1ccc2cc(-c3cnc(CO)[nH]3)ccc2c1. The van der Waals surface area contributed by atoms with Gasteiger partial charge in [-0.15, -0.1) is 0 Å². The van der Waals surface area contributed by atoms with Crippen molar-refractivity contribution in [2.75, 3.05) is 0 Å². The van der Waals surface area contributed by atoms with Crippen LogP contribution in [0.15, 0.2) is 42.6 Å². The van der Waals surface area contributed by atoms with Gasteiger partial charge in [-0.3, -0.25) is 0 Å². The van der Waals surface area contributed by atoms with Gasteiger partial charge in [-0.1, -0.05) is 35.9 Å². The van der Waals surface area contributed by atoms with Gasteiger partial charge in [-0.25, -0.2) is 4.98 Å². The summed E-state index contributed by atoms with van der Waals surface area (Å²) >= 11 is 0. The van der Waals surface area contributed by atoms with Crippen molar-refractivity contribution in [1.29, 1.82) is 0 Å². The molecule has 0 amide bonds. The number of nitrogens with one attached hydrogen (secondary N) is 1. The largest absolute Gasteiger partial charge is 0.388 e. The summed E-state index contributed by atoms with van der Waals surface area (Å²) in [6.07, 6.45) is 1.75. The van der Waals surface area contributed by atoms with Crippen LogP contribution in [0.4, 0.5) is 0 Å². The van der Waals surface area contributed by atoms with Crippen molar-refractivity contribution in [3.05, 3.63) is 54.0 Å². The zero-order chi connectivity index (χ0) is 12.5. The molecule has 90 valence electrons.